The fraction of sp³-hybridized carbons (Fsp3) is 0.524. The second-order valence-electron chi connectivity index (χ2n) is 8.20. The smallest absolute Gasteiger partial charge is 0.227 e. The molecule has 3 aliphatic rings. The van der Waals surface area contributed by atoms with Crippen LogP contribution in [0.1, 0.15) is 31.2 Å². The number of likely N-dealkylation sites (tertiary alicyclic amines) is 1. The van der Waals surface area contributed by atoms with E-state index in [1.54, 1.807) is 0 Å². The zero-order valence-electron chi connectivity index (χ0n) is 15.0. The highest BCUT2D eigenvalue weighted by Crippen LogP contribution is 2.38. The minimum absolute atomic E-state index is 0.222. The quantitative estimate of drug-likeness (QED) is 0.904. The van der Waals surface area contributed by atoms with Crippen molar-refractivity contribution in [3.63, 3.8) is 0 Å². The van der Waals surface area contributed by atoms with Crippen LogP contribution in [-0.4, -0.2) is 52.3 Å². The Morgan fingerprint density at radius 2 is 2.08 bits per heavy atom. The molecule has 5 nitrogen and oxygen atoms in total. The van der Waals surface area contributed by atoms with Crippen LogP contribution < -0.4 is 0 Å². The van der Waals surface area contributed by atoms with Crippen molar-refractivity contribution >= 4 is 22.7 Å². The molecule has 5 rings (SSSR count). The lowest BCUT2D eigenvalue weighted by Gasteiger charge is -2.52. The van der Waals surface area contributed by atoms with E-state index in [0.717, 1.165) is 48.9 Å². The number of aromatic nitrogens is 1. The van der Waals surface area contributed by atoms with Gasteiger partial charge in [0.25, 0.3) is 0 Å². The summed E-state index contributed by atoms with van der Waals surface area (Å²) in [5.41, 5.74) is 2.16. The Hall–Kier alpha value is -2.30. The molecule has 5 heteroatoms. The van der Waals surface area contributed by atoms with E-state index in [4.69, 9.17) is 0 Å². The van der Waals surface area contributed by atoms with Crippen molar-refractivity contribution in [2.24, 2.45) is 11.8 Å². The summed E-state index contributed by atoms with van der Waals surface area (Å²) in [5, 5.41) is 1.14. The Bertz CT molecular complexity index is 858. The van der Waals surface area contributed by atoms with Crippen LogP contribution in [0.25, 0.3) is 10.9 Å². The number of amides is 2. The first kappa shape index (κ1) is 15.9. The Labute approximate surface area is 153 Å². The van der Waals surface area contributed by atoms with Crippen molar-refractivity contribution in [3.05, 3.63) is 36.0 Å². The van der Waals surface area contributed by atoms with Crippen molar-refractivity contribution in [2.45, 2.75) is 38.1 Å². The lowest BCUT2D eigenvalue weighted by atomic mass is 9.76. The Balaban J connectivity index is 1.32. The standard InChI is InChI=1S/C21H25N3O2/c25-20-7-3-6-19-16-8-14(12-24(19)20)11-23(13-16)21(26)9-15-10-22-18-5-2-1-4-17(15)18/h1-2,4-5,10,14,16,19,22H,3,6-9,11-13H2/t14-,16-,19-/m1/s1. The number of H-pyrrole nitrogens is 1. The van der Waals surface area contributed by atoms with Crippen molar-refractivity contribution in [3.8, 4) is 0 Å². The van der Waals surface area contributed by atoms with E-state index >= 15 is 0 Å². The predicted molar refractivity (Wildman–Crippen MR) is 99.5 cm³/mol. The van der Waals surface area contributed by atoms with E-state index in [-0.39, 0.29) is 5.91 Å². The lowest BCUT2D eigenvalue weighted by molar-refractivity contribution is -0.148. The van der Waals surface area contributed by atoms with Crippen molar-refractivity contribution in [2.75, 3.05) is 19.6 Å². The normalized spacial score (nSPS) is 28.3. The Morgan fingerprint density at radius 3 is 3.00 bits per heavy atom. The van der Waals surface area contributed by atoms with E-state index in [9.17, 15) is 9.59 Å². The topological polar surface area (TPSA) is 56.4 Å². The highest BCUT2D eigenvalue weighted by molar-refractivity contribution is 5.89. The summed E-state index contributed by atoms with van der Waals surface area (Å²) >= 11 is 0. The van der Waals surface area contributed by atoms with E-state index in [1.165, 1.54) is 6.42 Å². The maximum absolute atomic E-state index is 13.0. The van der Waals surface area contributed by atoms with Gasteiger partial charge in [-0.05, 0) is 42.7 Å². The molecule has 2 aromatic rings. The molecule has 4 heterocycles. The van der Waals surface area contributed by atoms with Crippen LogP contribution in [0, 0.1) is 11.8 Å². The van der Waals surface area contributed by atoms with Crippen LogP contribution >= 0.6 is 0 Å². The summed E-state index contributed by atoms with van der Waals surface area (Å²) in [7, 11) is 0. The molecule has 1 N–H and O–H groups in total. The van der Waals surface area contributed by atoms with Crippen LogP contribution in [0.5, 0.6) is 0 Å². The summed E-state index contributed by atoms with van der Waals surface area (Å²) in [4.78, 5) is 32.7. The molecule has 2 amide bonds. The number of benzene rings is 1. The molecule has 1 aromatic heterocycles. The van der Waals surface area contributed by atoms with Gasteiger partial charge in [0.15, 0.2) is 0 Å². The molecule has 3 aliphatic heterocycles. The highest BCUT2D eigenvalue weighted by Gasteiger charge is 2.44. The summed E-state index contributed by atoms with van der Waals surface area (Å²) in [5.74, 6) is 1.45. The second-order valence-corrected chi connectivity index (χ2v) is 8.20. The van der Waals surface area contributed by atoms with Gasteiger partial charge in [-0.3, -0.25) is 9.59 Å². The Morgan fingerprint density at radius 1 is 1.19 bits per heavy atom. The molecule has 3 atom stereocenters. The molecule has 26 heavy (non-hydrogen) atoms. The SMILES string of the molecule is O=C(Cc1c[nH]c2ccccc12)N1C[C@H]2C[C@H](C1)[C@H]1CCCC(=O)N1C2. The largest absolute Gasteiger partial charge is 0.361 e. The number of rotatable bonds is 2. The van der Waals surface area contributed by atoms with Crippen LogP contribution in [0.15, 0.2) is 30.5 Å². The molecule has 0 unspecified atom stereocenters. The fourth-order valence-electron chi connectivity index (χ4n) is 5.37. The highest BCUT2D eigenvalue weighted by atomic mass is 16.2. The number of hydrogen-bond donors (Lipinski definition) is 1. The molecule has 0 aliphatic carbocycles. The summed E-state index contributed by atoms with van der Waals surface area (Å²) in [6, 6.07) is 8.50. The molecule has 1 aromatic carbocycles. The van der Waals surface area contributed by atoms with E-state index in [1.807, 2.05) is 24.4 Å². The lowest BCUT2D eigenvalue weighted by Crippen LogP contribution is -2.61. The van der Waals surface area contributed by atoms with E-state index < -0.39 is 0 Å². The summed E-state index contributed by atoms with van der Waals surface area (Å²) < 4.78 is 0. The summed E-state index contributed by atoms with van der Waals surface area (Å²) in [6.07, 6.45) is 6.41. The summed E-state index contributed by atoms with van der Waals surface area (Å²) in [6.45, 7) is 2.46. The van der Waals surface area contributed by atoms with Crippen molar-refractivity contribution in [1.82, 2.24) is 14.8 Å². The Kier molecular flexibility index (Phi) is 3.76. The number of carbonyl (C=O) groups excluding carboxylic acids is 2. The maximum Gasteiger partial charge on any atom is 0.227 e. The monoisotopic (exact) mass is 351 g/mol. The first-order valence-electron chi connectivity index (χ1n) is 9.81. The van der Waals surface area contributed by atoms with Gasteiger partial charge in [-0.25, -0.2) is 0 Å². The first-order chi connectivity index (χ1) is 12.7. The third-order valence-corrected chi connectivity index (χ3v) is 6.55. The van der Waals surface area contributed by atoms with Crippen LogP contribution in [0.3, 0.4) is 0 Å². The zero-order valence-corrected chi connectivity index (χ0v) is 15.0. The molecule has 0 spiro atoms. The van der Waals surface area contributed by atoms with Gasteiger partial charge >= 0.3 is 0 Å². The number of hydrogen-bond acceptors (Lipinski definition) is 2. The van der Waals surface area contributed by atoms with Gasteiger partial charge in [0, 0.05) is 49.2 Å². The molecule has 0 radical (unpaired) electrons. The molecular weight excluding hydrogens is 326 g/mol. The maximum atomic E-state index is 13.0. The number of fused-ring (bicyclic) bond motifs is 5. The van der Waals surface area contributed by atoms with Gasteiger partial charge in [-0.15, -0.1) is 0 Å². The molecular formula is C21H25N3O2. The molecule has 3 fully saturated rings. The predicted octanol–water partition coefficient (Wildman–Crippen LogP) is 2.57. The number of nitrogens with zero attached hydrogens (tertiary/aromatic N) is 2. The molecule has 136 valence electrons. The number of para-hydroxylation sites is 1. The van der Waals surface area contributed by atoms with Crippen molar-refractivity contribution < 1.29 is 9.59 Å². The molecule has 2 bridgehead atoms. The van der Waals surface area contributed by atoms with Gasteiger partial charge in [-0.1, -0.05) is 18.2 Å². The zero-order chi connectivity index (χ0) is 17.7. The fourth-order valence-corrected chi connectivity index (χ4v) is 5.37. The van der Waals surface area contributed by atoms with Crippen LogP contribution in [-0.2, 0) is 16.0 Å². The van der Waals surface area contributed by atoms with Crippen LogP contribution in [0.2, 0.25) is 0 Å². The third kappa shape index (κ3) is 2.61. The number of piperidine rings is 3. The minimum atomic E-state index is 0.222. The average Bonchev–Trinajstić information content (AvgIpc) is 3.05. The first-order valence-corrected chi connectivity index (χ1v) is 9.81. The minimum Gasteiger partial charge on any atom is -0.361 e. The van der Waals surface area contributed by atoms with Crippen LogP contribution in [0.4, 0.5) is 0 Å². The van der Waals surface area contributed by atoms with Crippen molar-refractivity contribution in [1.29, 1.82) is 0 Å². The van der Waals surface area contributed by atoms with Gasteiger partial charge in [-0.2, -0.15) is 0 Å². The number of carbonyl (C=O) groups is 2. The van der Waals surface area contributed by atoms with Gasteiger partial charge in [0.1, 0.15) is 0 Å². The number of nitrogens with one attached hydrogen (secondary N) is 1. The second kappa shape index (κ2) is 6.15. The number of aromatic amines is 1. The van der Waals surface area contributed by atoms with Gasteiger partial charge in [0.2, 0.25) is 11.8 Å². The third-order valence-electron chi connectivity index (χ3n) is 6.55. The molecule has 0 saturated carbocycles. The van der Waals surface area contributed by atoms with Gasteiger partial charge in [0.05, 0.1) is 6.42 Å². The van der Waals surface area contributed by atoms with E-state index in [2.05, 4.69) is 20.9 Å². The average molecular weight is 351 g/mol. The molecule has 3 saturated heterocycles. The van der Waals surface area contributed by atoms with Gasteiger partial charge < -0.3 is 14.8 Å². The van der Waals surface area contributed by atoms with E-state index in [0.29, 0.717) is 36.6 Å².